The van der Waals surface area contributed by atoms with Crippen LogP contribution in [-0.4, -0.2) is 4.57 Å². The number of rotatable bonds is 5. The molecule has 0 amide bonds. The third-order valence-electron chi connectivity index (χ3n) is 14.6. The molecule has 1 heteroatoms. The van der Waals surface area contributed by atoms with Crippen LogP contribution in [0.3, 0.4) is 0 Å². The molecule has 1 nitrogen and oxygen atoms in total. The van der Waals surface area contributed by atoms with Gasteiger partial charge in [-0.05, 0) is 185 Å². The highest BCUT2D eigenvalue weighted by Gasteiger charge is 2.40. The van der Waals surface area contributed by atoms with Gasteiger partial charge in [-0.2, -0.15) is 0 Å². The minimum absolute atomic E-state index is 0.0959. The second kappa shape index (κ2) is 14.1. The Balaban J connectivity index is 1.08. The van der Waals surface area contributed by atoms with Crippen molar-refractivity contribution in [3.8, 4) is 27.9 Å². The topological polar surface area (TPSA) is 4.93 Å². The van der Waals surface area contributed by atoms with Crippen molar-refractivity contribution < 1.29 is 0 Å². The van der Waals surface area contributed by atoms with E-state index in [1.54, 1.807) is 11.1 Å². The van der Waals surface area contributed by atoms with E-state index in [-0.39, 0.29) is 5.41 Å². The zero-order valence-corrected chi connectivity index (χ0v) is 36.1. The first-order valence-corrected chi connectivity index (χ1v) is 22.5. The van der Waals surface area contributed by atoms with Gasteiger partial charge < -0.3 is 4.57 Å². The van der Waals surface area contributed by atoms with Crippen LogP contribution >= 0.6 is 0 Å². The molecule has 2 atom stereocenters. The monoisotopic (exact) mass is 777 g/mol. The predicted molar refractivity (Wildman–Crippen MR) is 258 cm³/mol. The van der Waals surface area contributed by atoms with Gasteiger partial charge in [0.15, 0.2) is 0 Å². The van der Waals surface area contributed by atoms with Crippen LogP contribution in [0.5, 0.6) is 0 Å². The molecule has 0 saturated carbocycles. The fourth-order valence-electron chi connectivity index (χ4n) is 11.7. The predicted octanol–water partition coefficient (Wildman–Crippen LogP) is 15.9. The summed E-state index contributed by atoms with van der Waals surface area (Å²) in [7, 11) is 0. The van der Waals surface area contributed by atoms with Crippen LogP contribution in [0.4, 0.5) is 0 Å². The second-order valence-electron chi connectivity index (χ2n) is 18.8. The maximum absolute atomic E-state index is 2.52. The molecule has 0 aliphatic heterocycles. The lowest BCUT2D eigenvalue weighted by molar-refractivity contribution is 0.533. The maximum atomic E-state index is 2.52. The molecule has 1 aromatic heterocycles. The molecular formula is C59H55N. The highest BCUT2D eigenvalue weighted by molar-refractivity contribution is 6.11. The third kappa shape index (κ3) is 5.65. The van der Waals surface area contributed by atoms with E-state index in [2.05, 4.69) is 186 Å². The van der Waals surface area contributed by atoms with E-state index in [4.69, 9.17) is 0 Å². The Morgan fingerprint density at radius 1 is 0.717 bits per heavy atom. The lowest BCUT2D eigenvalue weighted by Gasteiger charge is -2.28. The number of hydrogen-bond acceptors (Lipinski definition) is 0. The van der Waals surface area contributed by atoms with Gasteiger partial charge in [0, 0.05) is 21.9 Å². The Labute approximate surface area is 356 Å². The summed E-state index contributed by atoms with van der Waals surface area (Å²) in [6.07, 6.45) is 27.4. The molecule has 2 unspecified atom stereocenters. The Kier molecular flexibility index (Phi) is 8.71. The van der Waals surface area contributed by atoms with Crippen molar-refractivity contribution >= 4 is 38.5 Å². The number of nitrogens with zero attached hydrogens (tertiary/aromatic N) is 1. The van der Waals surface area contributed by atoms with Crippen LogP contribution in [0, 0.1) is 11.8 Å². The molecular weight excluding hydrogens is 723 g/mol. The van der Waals surface area contributed by atoms with E-state index >= 15 is 0 Å². The van der Waals surface area contributed by atoms with Gasteiger partial charge in [0.2, 0.25) is 0 Å². The van der Waals surface area contributed by atoms with E-state index in [0.29, 0.717) is 11.8 Å². The molecule has 0 bridgehead atoms. The first-order valence-electron chi connectivity index (χ1n) is 22.5. The molecule has 5 aliphatic rings. The molecule has 1 heterocycles. The van der Waals surface area contributed by atoms with Gasteiger partial charge in [-0.3, -0.25) is 0 Å². The fraction of sp³-hybridized carbons (Fsp3) is 0.254. The van der Waals surface area contributed by atoms with Crippen LogP contribution in [0.15, 0.2) is 151 Å². The average Bonchev–Trinajstić information content (AvgIpc) is 3.81. The summed E-state index contributed by atoms with van der Waals surface area (Å²) >= 11 is 0. The molecule has 6 aromatic rings. The van der Waals surface area contributed by atoms with Gasteiger partial charge in [0.1, 0.15) is 0 Å². The number of hydrogen-bond donors (Lipinski definition) is 0. The number of aromatic nitrogens is 1. The average molecular weight is 778 g/mol. The molecule has 0 saturated heterocycles. The SMILES string of the molecule is C\C=C/C=C(\C=C/C)c1ccc2c(c1)c1cc(-c3ccc4c(c3)C(C)(C)c3c-4ccc4c3C3=C(CCC=C3)C4)ccc1n2-c1ccc2c(c1)C1=C(CC(C)CC=C1)C(C)C2. The van der Waals surface area contributed by atoms with Gasteiger partial charge in [-0.15, -0.1) is 0 Å². The van der Waals surface area contributed by atoms with Crippen molar-refractivity contribution in [1.82, 2.24) is 4.57 Å². The quantitative estimate of drug-likeness (QED) is 0.154. The summed E-state index contributed by atoms with van der Waals surface area (Å²) in [6, 6.07) is 33.7. The van der Waals surface area contributed by atoms with E-state index in [9.17, 15) is 0 Å². The van der Waals surface area contributed by atoms with E-state index in [0.717, 1.165) is 19.3 Å². The molecule has 5 aliphatic carbocycles. The summed E-state index contributed by atoms with van der Waals surface area (Å²) in [4.78, 5) is 0. The van der Waals surface area contributed by atoms with E-state index < -0.39 is 0 Å². The van der Waals surface area contributed by atoms with E-state index in [1.165, 1.54) is 125 Å². The normalized spacial score (nSPS) is 20.3. The lowest BCUT2D eigenvalue weighted by Crippen LogP contribution is -2.17. The van der Waals surface area contributed by atoms with Gasteiger partial charge in [-0.1, -0.05) is 136 Å². The first kappa shape index (κ1) is 37.1. The second-order valence-corrected chi connectivity index (χ2v) is 18.8. The van der Waals surface area contributed by atoms with Crippen molar-refractivity contribution in [2.75, 3.05) is 0 Å². The van der Waals surface area contributed by atoms with Crippen LogP contribution in [0.25, 0.3) is 66.5 Å². The smallest absolute Gasteiger partial charge is 0.0541 e. The molecule has 0 N–H and O–H groups in total. The number of benzene rings is 5. The zero-order chi connectivity index (χ0) is 40.9. The molecule has 0 spiro atoms. The van der Waals surface area contributed by atoms with Crippen LogP contribution in [0.2, 0.25) is 0 Å². The Hall–Kier alpha value is -5.92. The molecule has 60 heavy (non-hydrogen) atoms. The van der Waals surface area contributed by atoms with Crippen LogP contribution in [-0.2, 0) is 18.3 Å². The number of fused-ring (bicyclic) bond motifs is 11. The standard InChI is InChI=1S/C59H55N/c1-7-9-15-38(13-8-2)39-22-27-55-52(32-39)53-33-40(23-28-56(53)60(55)45-24-19-43-30-37(4)50-29-36(3)14-12-18-47(50)51(43)35-45)41-20-25-48-49-26-21-44-31-42-16-10-11-17-46(42)57(44)58(49)59(5,6)54(48)34-41/h7-9,11-13,15,17-28,32-37H,10,14,16,29-31H2,1-6H3/b9-7-,13-8-,38-15+. The van der Waals surface area contributed by atoms with Gasteiger partial charge >= 0.3 is 0 Å². The highest BCUT2D eigenvalue weighted by Crippen LogP contribution is 2.55. The summed E-state index contributed by atoms with van der Waals surface area (Å²) in [5.41, 5.74) is 26.5. The summed E-state index contributed by atoms with van der Waals surface area (Å²) in [6.45, 7) is 13.9. The van der Waals surface area contributed by atoms with Gasteiger partial charge in [0.05, 0.1) is 11.0 Å². The molecule has 0 fully saturated rings. The summed E-state index contributed by atoms with van der Waals surface area (Å²) in [5, 5.41) is 2.57. The van der Waals surface area contributed by atoms with Crippen molar-refractivity contribution in [3.63, 3.8) is 0 Å². The van der Waals surface area contributed by atoms with Gasteiger partial charge in [0.25, 0.3) is 0 Å². The molecule has 296 valence electrons. The minimum Gasteiger partial charge on any atom is -0.309 e. The zero-order valence-electron chi connectivity index (χ0n) is 36.1. The maximum Gasteiger partial charge on any atom is 0.0541 e. The van der Waals surface area contributed by atoms with Crippen molar-refractivity contribution in [1.29, 1.82) is 0 Å². The van der Waals surface area contributed by atoms with Crippen LogP contribution in [0.1, 0.15) is 106 Å². The molecule has 11 rings (SSSR count). The molecule has 5 aromatic carbocycles. The Morgan fingerprint density at radius 3 is 2.33 bits per heavy atom. The Bertz CT molecular complexity index is 3040. The summed E-state index contributed by atoms with van der Waals surface area (Å²) in [5.74, 6) is 1.26. The molecule has 0 radical (unpaired) electrons. The van der Waals surface area contributed by atoms with Crippen LogP contribution < -0.4 is 0 Å². The fourth-order valence-corrected chi connectivity index (χ4v) is 11.7. The number of allylic oxidation sites excluding steroid dienone is 14. The van der Waals surface area contributed by atoms with Crippen molar-refractivity contribution in [2.24, 2.45) is 11.8 Å². The van der Waals surface area contributed by atoms with Crippen molar-refractivity contribution in [2.45, 2.75) is 85.5 Å². The minimum atomic E-state index is -0.0959. The van der Waals surface area contributed by atoms with Gasteiger partial charge in [-0.25, -0.2) is 0 Å². The first-order chi connectivity index (χ1) is 29.2. The largest absolute Gasteiger partial charge is 0.309 e. The Morgan fingerprint density at radius 2 is 1.48 bits per heavy atom. The van der Waals surface area contributed by atoms with E-state index in [1.807, 2.05) is 0 Å². The summed E-state index contributed by atoms with van der Waals surface area (Å²) < 4.78 is 2.52. The third-order valence-corrected chi connectivity index (χ3v) is 14.6. The lowest BCUT2D eigenvalue weighted by atomic mass is 9.77. The highest BCUT2D eigenvalue weighted by atomic mass is 15.0. The van der Waals surface area contributed by atoms with Crippen molar-refractivity contribution in [3.05, 3.63) is 190 Å².